The van der Waals surface area contributed by atoms with Gasteiger partial charge in [-0.25, -0.2) is 18.9 Å². The predicted molar refractivity (Wildman–Crippen MR) is 125 cm³/mol. The van der Waals surface area contributed by atoms with Gasteiger partial charge >= 0.3 is 5.69 Å². The number of hydrogen-bond donors (Lipinski definition) is 1. The number of carbonyl (C=O) groups is 1. The van der Waals surface area contributed by atoms with Crippen LogP contribution >= 0.6 is 0 Å². The smallest absolute Gasteiger partial charge is 0.348 e. The molecule has 3 aromatic rings. The number of hydrogen-bond acceptors (Lipinski definition) is 4. The van der Waals surface area contributed by atoms with Crippen LogP contribution in [-0.4, -0.2) is 52.8 Å². The van der Waals surface area contributed by atoms with Crippen LogP contribution in [0.15, 0.2) is 47.3 Å². The van der Waals surface area contributed by atoms with Crippen molar-refractivity contribution in [3.63, 3.8) is 0 Å². The van der Waals surface area contributed by atoms with E-state index in [0.717, 1.165) is 42.6 Å². The van der Waals surface area contributed by atoms with Gasteiger partial charge in [-0.2, -0.15) is 5.10 Å². The third kappa shape index (κ3) is 4.29. The molecule has 172 valence electrons. The van der Waals surface area contributed by atoms with Crippen LogP contribution in [-0.2, 0) is 11.2 Å². The van der Waals surface area contributed by atoms with Gasteiger partial charge in [0, 0.05) is 45.2 Å². The number of benzene rings is 2. The summed E-state index contributed by atoms with van der Waals surface area (Å²) in [4.78, 5) is 28.8. The Bertz CT molecular complexity index is 1230. The molecule has 1 amide bonds. The highest BCUT2D eigenvalue weighted by Gasteiger charge is 2.37. The number of aromatic nitrogens is 3. The van der Waals surface area contributed by atoms with Gasteiger partial charge in [-0.1, -0.05) is 18.2 Å². The van der Waals surface area contributed by atoms with Crippen LogP contribution in [0.25, 0.3) is 16.8 Å². The van der Waals surface area contributed by atoms with E-state index < -0.39 is 11.5 Å². The number of likely N-dealkylation sites (tertiary alicyclic amines) is 1. The van der Waals surface area contributed by atoms with E-state index in [0.29, 0.717) is 18.8 Å². The molecule has 5 rings (SSSR count). The number of nitrogens with one attached hydrogen (secondary N) is 1. The number of amides is 1. The van der Waals surface area contributed by atoms with Gasteiger partial charge in [0.25, 0.3) is 0 Å². The van der Waals surface area contributed by atoms with E-state index in [-0.39, 0.29) is 23.4 Å². The number of nitrogens with zero attached hydrogens (tertiary/aromatic N) is 4. The fourth-order valence-electron chi connectivity index (χ4n) is 4.58. The maximum Gasteiger partial charge on any atom is 0.348 e. The van der Waals surface area contributed by atoms with Crippen molar-refractivity contribution >= 4 is 11.6 Å². The molecule has 0 bridgehead atoms. The summed E-state index contributed by atoms with van der Waals surface area (Å²) in [5.74, 6) is 0.675. The number of carbonyl (C=O) groups excluding carboxylic acids is 1. The Balaban J connectivity index is 1.36. The largest absolute Gasteiger partial charge is 0.378 e. The van der Waals surface area contributed by atoms with Crippen molar-refractivity contribution in [2.75, 3.05) is 32.1 Å². The second-order valence-corrected chi connectivity index (χ2v) is 9.31. The minimum absolute atomic E-state index is 0.182. The molecule has 2 aliphatic rings. The molecule has 0 spiro atoms. The fourth-order valence-corrected chi connectivity index (χ4v) is 4.58. The van der Waals surface area contributed by atoms with Gasteiger partial charge in [0.15, 0.2) is 0 Å². The molecule has 8 heteroatoms. The lowest BCUT2D eigenvalue weighted by Crippen LogP contribution is -2.30. The van der Waals surface area contributed by atoms with Crippen LogP contribution in [0, 0.1) is 17.7 Å². The molecule has 2 heterocycles. The summed E-state index contributed by atoms with van der Waals surface area (Å²) in [6.07, 6.45) is 3.37. The van der Waals surface area contributed by atoms with Crippen molar-refractivity contribution < 1.29 is 9.18 Å². The highest BCUT2D eigenvalue weighted by atomic mass is 19.1. The van der Waals surface area contributed by atoms with Crippen LogP contribution in [0.1, 0.15) is 25.1 Å². The quantitative estimate of drug-likeness (QED) is 0.627. The van der Waals surface area contributed by atoms with E-state index in [1.165, 1.54) is 10.6 Å². The van der Waals surface area contributed by atoms with E-state index in [2.05, 4.69) is 10.2 Å². The minimum Gasteiger partial charge on any atom is -0.378 e. The van der Waals surface area contributed by atoms with E-state index in [1.807, 2.05) is 54.2 Å². The Morgan fingerprint density at radius 2 is 1.85 bits per heavy atom. The van der Waals surface area contributed by atoms with Crippen LogP contribution < -0.4 is 10.6 Å². The van der Waals surface area contributed by atoms with Gasteiger partial charge in [0.2, 0.25) is 5.91 Å². The van der Waals surface area contributed by atoms with E-state index in [4.69, 9.17) is 0 Å². The van der Waals surface area contributed by atoms with Gasteiger partial charge in [-0.05, 0) is 60.6 Å². The monoisotopic (exact) mass is 449 g/mol. The Morgan fingerprint density at radius 3 is 2.52 bits per heavy atom. The Kier molecular flexibility index (Phi) is 5.52. The van der Waals surface area contributed by atoms with Crippen molar-refractivity contribution in [3.8, 4) is 16.8 Å². The lowest BCUT2D eigenvalue weighted by Gasteiger charge is -2.16. The summed E-state index contributed by atoms with van der Waals surface area (Å²) in [5.41, 5.74) is 2.42. The second-order valence-electron chi connectivity index (χ2n) is 9.31. The summed E-state index contributed by atoms with van der Waals surface area (Å²) in [6, 6.07) is 12.8. The zero-order valence-electron chi connectivity index (χ0n) is 18.9. The molecule has 1 aromatic heterocycles. The van der Waals surface area contributed by atoms with E-state index in [9.17, 15) is 9.59 Å². The number of aromatic amines is 1. The summed E-state index contributed by atoms with van der Waals surface area (Å²) >= 11 is 0. The predicted octanol–water partition coefficient (Wildman–Crippen LogP) is 3.23. The molecule has 1 aliphatic heterocycles. The van der Waals surface area contributed by atoms with Crippen molar-refractivity contribution in [1.82, 2.24) is 19.7 Å². The summed E-state index contributed by atoms with van der Waals surface area (Å²) < 4.78 is 16.5. The van der Waals surface area contributed by atoms with Gasteiger partial charge in [-0.15, -0.1) is 0 Å². The SMILES string of the molecule is CN(C)c1ccc(-c2ccc(-n3c(CC4CCN(C(=O)C5CC5)C4)n[nH]c3=O)c(F)c2)cc1. The molecule has 1 saturated heterocycles. The van der Waals surface area contributed by atoms with Gasteiger partial charge in [-0.3, -0.25) is 4.79 Å². The van der Waals surface area contributed by atoms with Crippen molar-refractivity contribution in [3.05, 3.63) is 64.6 Å². The van der Waals surface area contributed by atoms with Crippen LogP contribution in [0.4, 0.5) is 10.1 Å². The maximum atomic E-state index is 15.2. The molecular weight excluding hydrogens is 421 g/mol. The zero-order valence-corrected chi connectivity index (χ0v) is 18.9. The molecule has 1 aliphatic carbocycles. The number of halogens is 1. The molecule has 33 heavy (non-hydrogen) atoms. The first kappa shape index (κ1) is 21.4. The molecular formula is C25H28FN5O2. The summed E-state index contributed by atoms with van der Waals surface area (Å²) in [5, 5.41) is 6.64. The molecule has 7 nitrogen and oxygen atoms in total. The number of H-pyrrole nitrogens is 1. The summed E-state index contributed by atoms with van der Waals surface area (Å²) in [6.45, 7) is 1.41. The first-order chi connectivity index (χ1) is 15.9. The highest BCUT2D eigenvalue weighted by molar-refractivity contribution is 5.81. The summed E-state index contributed by atoms with van der Waals surface area (Å²) in [7, 11) is 3.94. The molecule has 1 atom stereocenters. The minimum atomic E-state index is -0.481. The first-order valence-electron chi connectivity index (χ1n) is 11.4. The molecule has 1 N–H and O–H groups in total. The van der Waals surface area contributed by atoms with E-state index >= 15 is 4.39 Å². The molecule has 2 aromatic carbocycles. The third-order valence-corrected chi connectivity index (χ3v) is 6.64. The topological polar surface area (TPSA) is 74.2 Å². The van der Waals surface area contributed by atoms with Crippen molar-refractivity contribution in [1.29, 1.82) is 0 Å². The first-order valence-corrected chi connectivity index (χ1v) is 11.4. The lowest BCUT2D eigenvalue weighted by atomic mass is 10.0. The third-order valence-electron chi connectivity index (χ3n) is 6.64. The Hall–Kier alpha value is -3.42. The molecule has 0 radical (unpaired) electrons. The number of rotatable bonds is 6. The number of anilines is 1. The highest BCUT2D eigenvalue weighted by Crippen LogP contribution is 2.33. The van der Waals surface area contributed by atoms with Gasteiger partial charge < -0.3 is 9.80 Å². The fraction of sp³-hybridized carbons (Fsp3) is 0.400. The van der Waals surface area contributed by atoms with E-state index in [1.54, 1.807) is 6.07 Å². The standard InChI is InChI=1S/C25H28FN5O2/c1-29(2)20-8-5-17(6-9-20)19-7-10-22(21(26)14-19)31-23(27-28-25(31)33)13-16-11-12-30(15-16)24(32)18-3-4-18/h5-10,14,16,18H,3-4,11-13,15H2,1-2H3,(H,28,33). The lowest BCUT2D eigenvalue weighted by molar-refractivity contribution is -0.131. The Morgan fingerprint density at radius 1 is 1.12 bits per heavy atom. The van der Waals surface area contributed by atoms with Gasteiger partial charge in [0.1, 0.15) is 11.6 Å². The van der Waals surface area contributed by atoms with Crippen LogP contribution in [0.5, 0.6) is 0 Å². The van der Waals surface area contributed by atoms with Crippen molar-refractivity contribution in [2.45, 2.75) is 25.7 Å². The van der Waals surface area contributed by atoms with Gasteiger partial charge in [0.05, 0.1) is 5.69 Å². The average Bonchev–Trinajstić information content (AvgIpc) is 3.46. The molecule has 1 saturated carbocycles. The maximum absolute atomic E-state index is 15.2. The zero-order chi connectivity index (χ0) is 23.1. The molecule has 1 unspecified atom stereocenters. The van der Waals surface area contributed by atoms with Crippen LogP contribution in [0.3, 0.4) is 0 Å². The Labute approximate surface area is 191 Å². The second kappa shape index (κ2) is 8.50. The normalized spacial score (nSPS) is 18.0. The average molecular weight is 450 g/mol. The van der Waals surface area contributed by atoms with Crippen LogP contribution in [0.2, 0.25) is 0 Å². The van der Waals surface area contributed by atoms with Crippen molar-refractivity contribution in [2.24, 2.45) is 11.8 Å². The molecule has 2 fully saturated rings.